The van der Waals surface area contributed by atoms with E-state index >= 15 is 0 Å². The summed E-state index contributed by atoms with van der Waals surface area (Å²) in [5.74, 6) is 0.190. The van der Waals surface area contributed by atoms with Crippen molar-refractivity contribution in [3.8, 4) is 0 Å². The number of carbonyl (C=O) groups excluding carboxylic acids is 2. The van der Waals surface area contributed by atoms with Crippen LogP contribution in [0, 0.1) is 11.7 Å². The number of ketones is 1. The number of piperazine rings is 1. The van der Waals surface area contributed by atoms with Crippen molar-refractivity contribution in [1.82, 2.24) is 9.80 Å². The number of rotatable bonds is 6. The molecular weight excluding hydrogens is 371 g/mol. The van der Waals surface area contributed by atoms with Crippen LogP contribution in [0.25, 0.3) is 0 Å². The summed E-state index contributed by atoms with van der Waals surface area (Å²) in [6.07, 6.45) is 1.67. The van der Waals surface area contributed by atoms with Gasteiger partial charge in [-0.15, -0.1) is 0 Å². The third-order valence-electron chi connectivity index (χ3n) is 5.35. The molecule has 2 aliphatic heterocycles. The molecule has 2 fully saturated rings. The van der Waals surface area contributed by atoms with Crippen molar-refractivity contribution in [1.29, 1.82) is 0 Å². The Hall–Kier alpha value is -1.80. The highest BCUT2D eigenvalue weighted by atomic mass is 32.2. The molecule has 2 saturated heterocycles. The fraction of sp³-hybridized carbons (Fsp3) is 0.579. The second-order valence-corrected chi connectivity index (χ2v) is 9.62. The molecule has 8 heteroatoms. The van der Waals surface area contributed by atoms with E-state index in [2.05, 4.69) is 0 Å². The van der Waals surface area contributed by atoms with Gasteiger partial charge in [-0.2, -0.15) is 0 Å². The Morgan fingerprint density at radius 1 is 1.07 bits per heavy atom. The highest BCUT2D eigenvalue weighted by Gasteiger charge is 2.29. The summed E-state index contributed by atoms with van der Waals surface area (Å²) >= 11 is 0. The minimum atomic E-state index is -2.90. The van der Waals surface area contributed by atoms with Crippen LogP contribution in [0.5, 0.6) is 0 Å². The zero-order valence-electron chi connectivity index (χ0n) is 15.3. The van der Waals surface area contributed by atoms with Crippen molar-refractivity contribution in [2.45, 2.75) is 19.3 Å². The molecule has 0 saturated carbocycles. The van der Waals surface area contributed by atoms with Crippen molar-refractivity contribution in [3.63, 3.8) is 0 Å². The molecule has 0 spiro atoms. The predicted octanol–water partition coefficient (Wildman–Crippen LogP) is 1.37. The van der Waals surface area contributed by atoms with Crippen LogP contribution in [0.15, 0.2) is 24.3 Å². The molecule has 1 unspecified atom stereocenters. The van der Waals surface area contributed by atoms with Crippen LogP contribution in [0.3, 0.4) is 0 Å². The maximum absolute atomic E-state index is 12.9. The molecule has 0 radical (unpaired) electrons. The van der Waals surface area contributed by atoms with Gasteiger partial charge in [-0.05, 0) is 43.0 Å². The van der Waals surface area contributed by atoms with Crippen molar-refractivity contribution in [3.05, 3.63) is 35.6 Å². The molecule has 0 aliphatic carbocycles. The highest BCUT2D eigenvalue weighted by Crippen LogP contribution is 2.23. The monoisotopic (exact) mass is 396 g/mol. The van der Waals surface area contributed by atoms with Gasteiger partial charge in [0, 0.05) is 38.2 Å². The first-order valence-electron chi connectivity index (χ1n) is 9.32. The Morgan fingerprint density at radius 2 is 1.74 bits per heavy atom. The number of benzene rings is 1. The molecule has 6 nitrogen and oxygen atoms in total. The van der Waals surface area contributed by atoms with Crippen molar-refractivity contribution in [2.24, 2.45) is 5.92 Å². The van der Waals surface area contributed by atoms with E-state index < -0.39 is 9.84 Å². The number of amides is 1. The van der Waals surface area contributed by atoms with Gasteiger partial charge < -0.3 is 4.90 Å². The molecule has 2 heterocycles. The standard InChI is InChI=1S/C19H25FN2O4S/c20-17-4-2-16(3-5-17)18(23)13-21-8-10-22(11-9-21)19(24)6-1-15-7-12-27(25,26)14-15/h2-5,15H,1,6-14H2. The summed E-state index contributed by atoms with van der Waals surface area (Å²) < 4.78 is 35.9. The van der Waals surface area contributed by atoms with E-state index in [-0.39, 0.29) is 41.5 Å². The van der Waals surface area contributed by atoms with E-state index in [9.17, 15) is 22.4 Å². The number of nitrogens with zero attached hydrogens (tertiary/aromatic N) is 2. The number of sulfone groups is 1. The predicted molar refractivity (Wildman–Crippen MR) is 99.7 cm³/mol. The Balaban J connectivity index is 1.40. The Bertz CT molecular complexity index is 786. The number of Topliss-reactive ketones (excluding diaryl/α,β-unsaturated/α-hetero) is 1. The minimum absolute atomic E-state index is 0.0581. The molecule has 1 amide bonds. The van der Waals surface area contributed by atoms with Gasteiger partial charge in [0.1, 0.15) is 5.82 Å². The van der Waals surface area contributed by atoms with Crippen molar-refractivity contribution < 1.29 is 22.4 Å². The van der Waals surface area contributed by atoms with E-state index in [4.69, 9.17) is 0 Å². The summed E-state index contributed by atoms with van der Waals surface area (Å²) in [7, 11) is -2.90. The van der Waals surface area contributed by atoms with Crippen LogP contribution >= 0.6 is 0 Å². The maximum atomic E-state index is 12.9. The molecule has 0 bridgehead atoms. The fourth-order valence-corrected chi connectivity index (χ4v) is 5.58. The van der Waals surface area contributed by atoms with Crippen molar-refractivity contribution in [2.75, 3.05) is 44.2 Å². The molecule has 1 aromatic rings. The summed E-state index contributed by atoms with van der Waals surface area (Å²) in [6.45, 7) is 2.64. The van der Waals surface area contributed by atoms with Gasteiger partial charge in [0.2, 0.25) is 5.91 Å². The van der Waals surface area contributed by atoms with Gasteiger partial charge in [0.25, 0.3) is 0 Å². The van der Waals surface area contributed by atoms with Gasteiger partial charge in [-0.3, -0.25) is 14.5 Å². The van der Waals surface area contributed by atoms with E-state index in [1.54, 1.807) is 4.90 Å². The molecule has 148 valence electrons. The summed E-state index contributed by atoms with van der Waals surface area (Å²) in [5.41, 5.74) is 0.487. The molecule has 1 atom stereocenters. The Kier molecular flexibility index (Phi) is 6.26. The van der Waals surface area contributed by atoms with Gasteiger partial charge in [0.05, 0.1) is 18.1 Å². The third kappa shape index (κ3) is 5.59. The first-order valence-corrected chi connectivity index (χ1v) is 11.1. The lowest BCUT2D eigenvalue weighted by molar-refractivity contribution is -0.133. The zero-order chi connectivity index (χ0) is 19.4. The lowest BCUT2D eigenvalue weighted by Gasteiger charge is -2.34. The first-order chi connectivity index (χ1) is 12.8. The highest BCUT2D eigenvalue weighted by molar-refractivity contribution is 7.91. The second kappa shape index (κ2) is 8.48. The normalized spacial score (nSPS) is 22.7. The Labute approximate surface area is 159 Å². The smallest absolute Gasteiger partial charge is 0.222 e. The third-order valence-corrected chi connectivity index (χ3v) is 7.19. The lowest BCUT2D eigenvalue weighted by Crippen LogP contribution is -2.49. The molecule has 3 rings (SSSR count). The Morgan fingerprint density at radius 3 is 2.33 bits per heavy atom. The SMILES string of the molecule is O=C(CN1CCN(C(=O)CCC2CCS(=O)(=O)C2)CC1)c1ccc(F)cc1. The molecule has 1 aromatic carbocycles. The largest absolute Gasteiger partial charge is 0.340 e. The summed E-state index contributed by atoms with van der Waals surface area (Å²) in [4.78, 5) is 28.4. The van der Waals surface area contributed by atoms with Crippen LogP contribution in [0.4, 0.5) is 4.39 Å². The maximum Gasteiger partial charge on any atom is 0.222 e. The average Bonchev–Trinajstić information content (AvgIpc) is 2.99. The topological polar surface area (TPSA) is 74.8 Å². The average molecular weight is 396 g/mol. The molecule has 0 N–H and O–H groups in total. The van der Waals surface area contributed by atoms with Crippen LogP contribution in [0.2, 0.25) is 0 Å². The van der Waals surface area contributed by atoms with Gasteiger partial charge in [-0.25, -0.2) is 12.8 Å². The second-order valence-electron chi connectivity index (χ2n) is 7.39. The minimum Gasteiger partial charge on any atom is -0.340 e. The van der Waals surface area contributed by atoms with Crippen LogP contribution in [-0.4, -0.2) is 74.1 Å². The quantitative estimate of drug-likeness (QED) is 0.679. The lowest BCUT2D eigenvalue weighted by atomic mass is 10.0. The zero-order valence-corrected chi connectivity index (χ0v) is 16.1. The fourth-order valence-electron chi connectivity index (χ4n) is 3.67. The molecular formula is C19H25FN2O4S. The number of carbonyl (C=O) groups is 2. The summed E-state index contributed by atoms with van der Waals surface area (Å²) in [6, 6.07) is 5.53. The van der Waals surface area contributed by atoms with Crippen LogP contribution in [-0.2, 0) is 14.6 Å². The van der Waals surface area contributed by atoms with Gasteiger partial charge >= 0.3 is 0 Å². The van der Waals surface area contributed by atoms with E-state index in [1.165, 1.54) is 24.3 Å². The molecule has 2 aliphatic rings. The van der Waals surface area contributed by atoms with E-state index in [0.717, 1.165) is 0 Å². The first kappa shape index (κ1) is 19.9. The van der Waals surface area contributed by atoms with Gasteiger partial charge in [-0.1, -0.05) is 0 Å². The van der Waals surface area contributed by atoms with Gasteiger partial charge in [0.15, 0.2) is 15.6 Å². The van der Waals surface area contributed by atoms with Crippen LogP contribution < -0.4 is 0 Å². The van der Waals surface area contributed by atoms with E-state index in [0.29, 0.717) is 51.0 Å². The molecule has 0 aromatic heterocycles. The van der Waals surface area contributed by atoms with Crippen molar-refractivity contribution >= 4 is 21.5 Å². The molecule has 27 heavy (non-hydrogen) atoms. The number of hydrogen-bond donors (Lipinski definition) is 0. The number of halogens is 1. The number of hydrogen-bond acceptors (Lipinski definition) is 5. The summed E-state index contributed by atoms with van der Waals surface area (Å²) in [5, 5.41) is 0. The van der Waals surface area contributed by atoms with E-state index in [1.807, 2.05) is 4.90 Å². The van der Waals surface area contributed by atoms with Crippen LogP contribution in [0.1, 0.15) is 29.6 Å².